The molecule has 0 radical (unpaired) electrons. The second-order valence-corrected chi connectivity index (χ2v) is 4.63. The Morgan fingerprint density at radius 3 is 2.94 bits per heavy atom. The van der Waals surface area contributed by atoms with Crippen LogP contribution >= 0.6 is 0 Å². The van der Waals surface area contributed by atoms with Gasteiger partial charge in [0.2, 0.25) is 0 Å². The molecular formula is C12H16N4. The van der Waals surface area contributed by atoms with Gasteiger partial charge in [-0.05, 0) is 18.8 Å². The van der Waals surface area contributed by atoms with Gasteiger partial charge in [0.15, 0.2) is 5.65 Å². The Morgan fingerprint density at radius 2 is 2.06 bits per heavy atom. The monoisotopic (exact) mass is 216 g/mol. The molecule has 1 saturated carbocycles. The maximum absolute atomic E-state index is 4.32. The molecule has 0 spiro atoms. The van der Waals surface area contributed by atoms with Crippen molar-refractivity contribution in [3.05, 3.63) is 18.9 Å². The van der Waals surface area contributed by atoms with Gasteiger partial charge in [-0.25, -0.2) is 15.0 Å². The fraction of sp³-hybridized carbons (Fsp3) is 0.583. The highest BCUT2D eigenvalue weighted by molar-refractivity contribution is 5.68. The summed E-state index contributed by atoms with van der Waals surface area (Å²) in [5, 5.41) is 0. The van der Waals surface area contributed by atoms with Gasteiger partial charge in [0.1, 0.15) is 11.8 Å². The Hall–Kier alpha value is -1.45. The summed E-state index contributed by atoms with van der Waals surface area (Å²) in [5.74, 6) is 0.807. The number of aromatic nitrogens is 4. The number of imidazole rings is 1. The third-order valence-electron chi connectivity index (χ3n) is 3.46. The molecule has 4 heteroatoms. The molecule has 3 rings (SSSR count). The van der Waals surface area contributed by atoms with Crippen molar-refractivity contribution in [3.8, 4) is 0 Å². The molecule has 0 atom stereocenters. The predicted molar refractivity (Wildman–Crippen MR) is 61.9 cm³/mol. The van der Waals surface area contributed by atoms with Crippen LogP contribution < -0.4 is 0 Å². The molecule has 0 N–H and O–H groups in total. The van der Waals surface area contributed by atoms with Crippen LogP contribution in [0.5, 0.6) is 0 Å². The van der Waals surface area contributed by atoms with Gasteiger partial charge in [-0.15, -0.1) is 0 Å². The fourth-order valence-electron chi connectivity index (χ4n) is 2.60. The average molecular weight is 216 g/mol. The molecule has 1 fully saturated rings. The SMILES string of the molecule is c1ncc2ncn(CC3CCCCC3)c2n1. The summed E-state index contributed by atoms with van der Waals surface area (Å²) in [6.45, 7) is 1.06. The zero-order valence-corrected chi connectivity index (χ0v) is 9.34. The number of fused-ring (bicyclic) bond motifs is 1. The van der Waals surface area contributed by atoms with Crippen LogP contribution in [0.2, 0.25) is 0 Å². The molecule has 0 bridgehead atoms. The lowest BCUT2D eigenvalue weighted by molar-refractivity contribution is 0.321. The van der Waals surface area contributed by atoms with E-state index in [1.165, 1.54) is 32.1 Å². The van der Waals surface area contributed by atoms with Crippen LogP contribution in [-0.2, 0) is 6.54 Å². The van der Waals surface area contributed by atoms with Crippen molar-refractivity contribution < 1.29 is 0 Å². The highest BCUT2D eigenvalue weighted by Crippen LogP contribution is 2.25. The minimum atomic E-state index is 0.807. The van der Waals surface area contributed by atoms with Crippen LogP contribution in [0.15, 0.2) is 18.9 Å². The second-order valence-electron chi connectivity index (χ2n) is 4.63. The quantitative estimate of drug-likeness (QED) is 0.774. The first-order valence-electron chi connectivity index (χ1n) is 6.04. The molecule has 0 amide bonds. The van der Waals surface area contributed by atoms with Crippen LogP contribution in [0, 0.1) is 5.92 Å². The summed E-state index contributed by atoms with van der Waals surface area (Å²) in [6, 6.07) is 0. The molecule has 1 aliphatic carbocycles. The van der Waals surface area contributed by atoms with Crippen molar-refractivity contribution in [1.29, 1.82) is 0 Å². The Morgan fingerprint density at radius 1 is 1.19 bits per heavy atom. The maximum Gasteiger partial charge on any atom is 0.163 e. The molecule has 2 aromatic rings. The first-order chi connectivity index (χ1) is 7.93. The molecule has 0 unspecified atom stereocenters. The largest absolute Gasteiger partial charge is 0.315 e. The highest BCUT2D eigenvalue weighted by Gasteiger charge is 2.15. The summed E-state index contributed by atoms with van der Waals surface area (Å²) in [4.78, 5) is 12.6. The average Bonchev–Trinajstić information content (AvgIpc) is 2.74. The van der Waals surface area contributed by atoms with Gasteiger partial charge in [-0.1, -0.05) is 19.3 Å². The minimum absolute atomic E-state index is 0.807. The highest BCUT2D eigenvalue weighted by atomic mass is 15.1. The topological polar surface area (TPSA) is 43.6 Å². The standard InChI is InChI=1S/C12H16N4/c1-2-4-10(5-3-1)7-16-9-15-11-6-13-8-14-12(11)16/h6,8-10H,1-5,7H2. The molecular weight excluding hydrogens is 200 g/mol. The van der Waals surface area contributed by atoms with Gasteiger partial charge in [0.05, 0.1) is 12.5 Å². The van der Waals surface area contributed by atoms with E-state index in [0.29, 0.717) is 0 Å². The molecule has 0 aliphatic heterocycles. The third-order valence-corrected chi connectivity index (χ3v) is 3.46. The van der Waals surface area contributed by atoms with Crippen molar-refractivity contribution in [2.24, 2.45) is 5.92 Å². The van der Waals surface area contributed by atoms with Gasteiger partial charge in [-0.3, -0.25) is 0 Å². The smallest absolute Gasteiger partial charge is 0.163 e. The number of hydrogen-bond acceptors (Lipinski definition) is 3. The molecule has 84 valence electrons. The lowest BCUT2D eigenvalue weighted by Crippen LogP contribution is -2.13. The van der Waals surface area contributed by atoms with Gasteiger partial charge in [0, 0.05) is 6.54 Å². The zero-order valence-electron chi connectivity index (χ0n) is 9.34. The van der Waals surface area contributed by atoms with Crippen LogP contribution in [0.3, 0.4) is 0 Å². The maximum atomic E-state index is 4.32. The van der Waals surface area contributed by atoms with Gasteiger partial charge in [-0.2, -0.15) is 0 Å². The Balaban J connectivity index is 1.83. The normalized spacial score (nSPS) is 18.0. The van der Waals surface area contributed by atoms with E-state index in [9.17, 15) is 0 Å². The van der Waals surface area contributed by atoms with Gasteiger partial charge < -0.3 is 4.57 Å². The molecule has 2 heterocycles. The lowest BCUT2D eigenvalue weighted by Gasteiger charge is -2.21. The minimum Gasteiger partial charge on any atom is -0.315 e. The van der Waals surface area contributed by atoms with Crippen molar-refractivity contribution >= 4 is 11.2 Å². The summed E-state index contributed by atoms with van der Waals surface area (Å²) < 4.78 is 2.17. The summed E-state index contributed by atoms with van der Waals surface area (Å²) in [6.07, 6.45) is 12.1. The van der Waals surface area contributed by atoms with E-state index in [2.05, 4.69) is 19.5 Å². The Labute approximate surface area is 94.7 Å². The molecule has 1 aliphatic rings. The van der Waals surface area contributed by atoms with E-state index in [1.807, 2.05) is 6.33 Å². The first-order valence-corrected chi connectivity index (χ1v) is 6.04. The van der Waals surface area contributed by atoms with Crippen LogP contribution in [0.1, 0.15) is 32.1 Å². The lowest BCUT2D eigenvalue weighted by atomic mass is 9.89. The molecule has 2 aromatic heterocycles. The fourth-order valence-corrected chi connectivity index (χ4v) is 2.60. The van der Waals surface area contributed by atoms with Crippen molar-refractivity contribution in [3.63, 3.8) is 0 Å². The molecule has 0 saturated heterocycles. The first kappa shape index (κ1) is 9.75. The summed E-state index contributed by atoms with van der Waals surface area (Å²) >= 11 is 0. The van der Waals surface area contributed by atoms with E-state index in [-0.39, 0.29) is 0 Å². The van der Waals surface area contributed by atoms with E-state index in [1.54, 1.807) is 12.5 Å². The number of rotatable bonds is 2. The second kappa shape index (κ2) is 4.20. The molecule has 4 nitrogen and oxygen atoms in total. The van der Waals surface area contributed by atoms with Crippen molar-refractivity contribution in [1.82, 2.24) is 19.5 Å². The van der Waals surface area contributed by atoms with E-state index < -0.39 is 0 Å². The van der Waals surface area contributed by atoms with Gasteiger partial charge >= 0.3 is 0 Å². The Bertz CT molecular complexity index is 471. The van der Waals surface area contributed by atoms with Crippen molar-refractivity contribution in [2.75, 3.05) is 0 Å². The molecule has 0 aromatic carbocycles. The zero-order chi connectivity index (χ0) is 10.8. The van der Waals surface area contributed by atoms with Crippen LogP contribution in [0.25, 0.3) is 11.2 Å². The van der Waals surface area contributed by atoms with Crippen LogP contribution in [0.4, 0.5) is 0 Å². The summed E-state index contributed by atoms with van der Waals surface area (Å²) in [5.41, 5.74) is 1.87. The van der Waals surface area contributed by atoms with Crippen LogP contribution in [-0.4, -0.2) is 19.5 Å². The van der Waals surface area contributed by atoms with E-state index in [0.717, 1.165) is 23.6 Å². The van der Waals surface area contributed by atoms with E-state index >= 15 is 0 Å². The summed E-state index contributed by atoms with van der Waals surface area (Å²) in [7, 11) is 0. The Kier molecular flexibility index (Phi) is 2.56. The van der Waals surface area contributed by atoms with E-state index in [4.69, 9.17) is 0 Å². The number of hydrogen-bond donors (Lipinski definition) is 0. The van der Waals surface area contributed by atoms with Crippen molar-refractivity contribution in [2.45, 2.75) is 38.6 Å². The molecule has 16 heavy (non-hydrogen) atoms. The number of nitrogens with zero attached hydrogens (tertiary/aromatic N) is 4. The predicted octanol–water partition coefficient (Wildman–Crippen LogP) is 2.41. The third kappa shape index (κ3) is 1.79. The van der Waals surface area contributed by atoms with Gasteiger partial charge in [0.25, 0.3) is 0 Å².